The van der Waals surface area contributed by atoms with Gasteiger partial charge in [0, 0.05) is 6.04 Å². The van der Waals surface area contributed by atoms with Crippen LogP contribution in [0.15, 0.2) is 0 Å². The first-order chi connectivity index (χ1) is 6.41. The van der Waals surface area contributed by atoms with Gasteiger partial charge in [-0.25, -0.2) is 4.39 Å². The summed E-state index contributed by atoms with van der Waals surface area (Å²) < 4.78 is 49.6. The van der Waals surface area contributed by atoms with E-state index in [0.717, 1.165) is 19.8 Å². The topological polar surface area (TPSA) is 12.0 Å². The van der Waals surface area contributed by atoms with E-state index in [-0.39, 0.29) is 0 Å². The predicted octanol–water partition coefficient (Wildman–Crippen LogP) is 2.81. The van der Waals surface area contributed by atoms with Crippen LogP contribution < -0.4 is 5.32 Å². The van der Waals surface area contributed by atoms with Gasteiger partial charge in [0.2, 0.25) is 0 Å². The van der Waals surface area contributed by atoms with Crippen LogP contribution in [0.25, 0.3) is 0 Å². The van der Waals surface area contributed by atoms with Crippen LogP contribution >= 0.6 is 0 Å². The molecule has 0 aromatic carbocycles. The van der Waals surface area contributed by atoms with E-state index in [1.807, 2.05) is 0 Å². The molecule has 1 aliphatic rings. The molecule has 1 saturated carbocycles. The summed E-state index contributed by atoms with van der Waals surface area (Å²) in [6, 6.07) is -2.25. The molecule has 84 valence electrons. The van der Waals surface area contributed by atoms with E-state index >= 15 is 0 Å². The fourth-order valence-corrected chi connectivity index (χ4v) is 1.69. The molecule has 0 bridgehead atoms. The van der Waals surface area contributed by atoms with E-state index in [2.05, 4.69) is 5.32 Å². The van der Waals surface area contributed by atoms with Gasteiger partial charge in [-0.2, -0.15) is 13.2 Å². The van der Waals surface area contributed by atoms with Gasteiger partial charge in [-0.3, -0.25) is 0 Å². The molecule has 0 aromatic heterocycles. The van der Waals surface area contributed by atoms with Crippen molar-refractivity contribution in [2.75, 3.05) is 0 Å². The highest BCUT2D eigenvalue weighted by molar-refractivity contribution is 4.84. The van der Waals surface area contributed by atoms with Crippen molar-refractivity contribution in [3.63, 3.8) is 0 Å². The second-order valence-corrected chi connectivity index (χ2v) is 3.84. The lowest BCUT2D eigenvalue weighted by Crippen LogP contribution is -2.50. The minimum atomic E-state index is -4.28. The third kappa shape index (κ3) is 3.12. The van der Waals surface area contributed by atoms with Crippen LogP contribution in [0.5, 0.6) is 0 Å². The summed E-state index contributed by atoms with van der Waals surface area (Å²) in [5.74, 6) is 0. The maximum absolute atomic E-state index is 13.2. The van der Waals surface area contributed by atoms with E-state index in [9.17, 15) is 17.6 Å². The molecule has 1 nitrogen and oxygen atoms in total. The Kier molecular flexibility index (Phi) is 3.75. The van der Waals surface area contributed by atoms with E-state index in [0.29, 0.717) is 12.8 Å². The van der Waals surface area contributed by atoms with Crippen LogP contribution in [0.4, 0.5) is 17.6 Å². The zero-order valence-electron chi connectivity index (χ0n) is 8.07. The molecule has 0 amide bonds. The van der Waals surface area contributed by atoms with Crippen LogP contribution in [0, 0.1) is 0 Å². The van der Waals surface area contributed by atoms with Gasteiger partial charge < -0.3 is 5.32 Å². The molecule has 1 rings (SSSR count). The molecule has 1 fully saturated rings. The van der Waals surface area contributed by atoms with Gasteiger partial charge in [0.05, 0.1) is 0 Å². The average molecular weight is 213 g/mol. The van der Waals surface area contributed by atoms with E-state index in [1.165, 1.54) is 0 Å². The summed E-state index contributed by atoms with van der Waals surface area (Å²) >= 11 is 0. The normalized spacial score (nSPS) is 31.5. The largest absolute Gasteiger partial charge is 0.403 e. The maximum atomic E-state index is 13.2. The molecule has 0 aromatic rings. The zero-order chi connectivity index (χ0) is 10.8. The van der Waals surface area contributed by atoms with Crippen LogP contribution in [-0.2, 0) is 0 Å². The Hall–Kier alpha value is -0.320. The molecular formula is C9H15F4N. The monoisotopic (exact) mass is 213 g/mol. The van der Waals surface area contributed by atoms with Gasteiger partial charge in [0.25, 0.3) is 0 Å². The minimum absolute atomic E-state index is 0.377. The molecule has 3 atom stereocenters. The van der Waals surface area contributed by atoms with Crippen LogP contribution in [0.3, 0.4) is 0 Å². The highest BCUT2D eigenvalue weighted by Gasteiger charge is 2.38. The molecule has 0 spiro atoms. The molecule has 1 unspecified atom stereocenters. The van der Waals surface area contributed by atoms with Crippen molar-refractivity contribution >= 4 is 0 Å². The Morgan fingerprint density at radius 2 is 1.79 bits per heavy atom. The Morgan fingerprint density at radius 1 is 1.21 bits per heavy atom. The van der Waals surface area contributed by atoms with E-state index in [4.69, 9.17) is 0 Å². The molecule has 0 aliphatic heterocycles. The van der Waals surface area contributed by atoms with Gasteiger partial charge in [0.1, 0.15) is 12.2 Å². The Bertz CT molecular complexity index is 180. The van der Waals surface area contributed by atoms with Gasteiger partial charge in [-0.15, -0.1) is 0 Å². The quantitative estimate of drug-likeness (QED) is 0.695. The molecule has 1 aliphatic carbocycles. The van der Waals surface area contributed by atoms with Crippen molar-refractivity contribution in [2.24, 2.45) is 0 Å². The standard InChI is InChI=1S/C9H15F4N/c1-6(9(11,12)13)14-8-5-3-2-4-7(8)10/h6-8,14H,2-5H2,1H3/t6?,7-,8-/m1/s1. The third-order valence-corrected chi connectivity index (χ3v) is 2.64. The summed E-state index contributed by atoms with van der Waals surface area (Å²) in [4.78, 5) is 0. The molecule has 0 radical (unpaired) electrons. The smallest absolute Gasteiger partial charge is 0.301 e. The minimum Gasteiger partial charge on any atom is -0.301 e. The summed E-state index contributed by atoms with van der Waals surface area (Å²) in [5.41, 5.74) is 0. The summed E-state index contributed by atoms with van der Waals surface area (Å²) in [7, 11) is 0. The molecule has 0 saturated heterocycles. The number of alkyl halides is 4. The average Bonchev–Trinajstić information content (AvgIpc) is 2.07. The van der Waals surface area contributed by atoms with Crippen molar-refractivity contribution in [1.29, 1.82) is 0 Å². The lowest BCUT2D eigenvalue weighted by atomic mass is 9.93. The predicted molar refractivity (Wildman–Crippen MR) is 45.8 cm³/mol. The van der Waals surface area contributed by atoms with Crippen LogP contribution in [0.1, 0.15) is 32.6 Å². The second-order valence-electron chi connectivity index (χ2n) is 3.84. The number of nitrogens with one attached hydrogen (secondary N) is 1. The third-order valence-electron chi connectivity index (χ3n) is 2.64. The molecule has 0 heterocycles. The maximum Gasteiger partial charge on any atom is 0.403 e. The van der Waals surface area contributed by atoms with Gasteiger partial charge in [-0.1, -0.05) is 12.8 Å². The highest BCUT2D eigenvalue weighted by atomic mass is 19.4. The molecular weight excluding hydrogens is 198 g/mol. The number of rotatable bonds is 2. The molecule has 14 heavy (non-hydrogen) atoms. The summed E-state index contributed by atoms with van der Waals surface area (Å²) in [6.07, 6.45) is -2.95. The van der Waals surface area contributed by atoms with E-state index in [1.54, 1.807) is 0 Å². The van der Waals surface area contributed by atoms with Crippen LogP contribution in [-0.4, -0.2) is 24.4 Å². The van der Waals surface area contributed by atoms with Crippen molar-refractivity contribution in [2.45, 2.75) is 57.0 Å². The molecule has 1 N–H and O–H groups in total. The van der Waals surface area contributed by atoms with Crippen molar-refractivity contribution < 1.29 is 17.6 Å². The van der Waals surface area contributed by atoms with Crippen molar-refractivity contribution in [1.82, 2.24) is 5.32 Å². The summed E-state index contributed by atoms with van der Waals surface area (Å²) in [5, 5.41) is 2.31. The van der Waals surface area contributed by atoms with Gasteiger partial charge in [0.15, 0.2) is 0 Å². The van der Waals surface area contributed by atoms with Crippen molar-refractivity contribution in [3.8, 4) is 0 Å². The fourth-order valence-electron chi connectivity index (χ4n) is 1.69. The lowest BCUT2D eigenvalue weighted by molar-refractivity contribution is -0.154. The van der Waals surface area contributed by atoms with E-state index < -0.39 is 24.4 Å². The van der Waals surface area contributed by atoms with Crippen LogP contribution in [0.2, 0.25) is 0 Å². The number of hydrogen-bond donors (Lipinski definition) is 1. The second kappa shape index (κ2) is 4.47. The number of hydrogen-bond acceptors (Lipinski definition) is 1. The Labute approximate surface area is 80.9 Å². The first-order valence-corrected chi connectivity index (χ1v) is 4.88. The summed E-state index contributed by atoms with van der Waals surface area (Å²) in [6.45, 7) is 1.03. The lowest BCUT2D eigenvalue weighted by Gasteiger charge is -2.30. The van der Waals surface area contributed by atoms with Gasteiger partial charge in [-0.05, 0) is 19.8 Å². The first kappa shape index (κ1) is 11.8. The Balaban J connectivity index is 2.42. The van der Waals surface area contributed by atoms with Crippen molar-refractivity contribution in [3.05, 3.63) is 0 Å². The first-order valence-electron chi connectivity index (χ1n) is 4.88. The molecule has 5 heteroatoms. The number of halogens is 4. The highest BCUT2D eigenvalue weighted by Crippen LogP contribution is 2.25. The SMILES string of the molecule is CC(N[C@@H]1CCCC[C@H]1F)C(F)(F)F. The Morgan fingerprint density at radius 3 is 2.29 bits per heavy atom. The fraction of sp³-hybridized carbons (Fsp3) is 1.00. The van der Waals surface area contributed by atoms with Gasteiger partial charge >= 0.3 is 6.18 Å². The zero-order valence-corrected chi connectivity index (χ0v) is 8.07.